The lowest BCUT2D eigenvalue weighted by Gasteiger charge is -2.26. The molecule has 4 heteroatoms. The van der Waals surface area contributed by atoms with Crippen LogP contribution in [0.4, 0.5) is 0 Å². The molecule has 0 spiro atoms. The van der Waals surface area contributed by atoms with Gasteiger partial charge in [-0.15, -0.1) is 0 Å². The third kappa shape index (κ3) is 4.08. The summed E-state index contributed by atoms with van der Waals surface area (Å²) >= 11 is 0. The molecule has 1 aromatic rings. The maximum atomic E-state index is 12.2. The van der Waals surface area contributed by atoms with Gasteiger partial charge in [0.05, 0.1) is 13.2 Å². The highest BCUT2D eigenvalue weighted by molar-refractivity contribution is 5.94. The van der Waals surface area contributed by atoms with E-state index in [-0.39, 0.29) is 5.91 Å². The second-order valence-electron chi connectivity index (χ2n) is 6.25. The molecular weight excluding hydrogens is 276 g/mol. The molecule has 1 fully saturated rings. The summed E-state index contributed by atoms with van der Waals surface area (Å²) in [5, 5.41) is 3.05. The largest absolute Gasteiger partial charge is 0.379 e. The van der Waals surface area contributed by atoms with Crippen molar-refractivity contribution in [3.63, 3.8) is 0 Å². The van der Waals surface area contributed by atoms with Crippen molar-refractivity contribution in [2.75, 3.05) is 39.4 Å². The average molecular weight is 302 g/mol. The number of amides is 1. The van der Waals surface area contributed by atoms with Gasteiger partial charge >= 0.3 is 0 Å². The van der Waals surface area contributed by atoms with Crippen molar-refractivity contribution in [2.24, 2.45) is 0 Å². The second-order valence-corrected chi connectivity index (χ2v) is 6.25. The number of aryl methyl sites for hydroxylation is 2. The molecule has 22 heavy (non-hydrogen) atoms. The van der Waals surface area contributed by atoms with Crippen LogP contribution in [-0.4, -0.2) is 50.2 Å². The molecule has 1 aliphatic carbocycles. The van der Waals surface area contributed by atoms with Crippen LogP contribution < -0.4 is 5.32 Å². The smallest absolute Gasteiger partial charge is 0.251 e. The fourth-order valence-electron chi connectivity index (χ4n) is 3.31. The zero-order valence-electron chi connectivity index (χ0n) is 13.3. The summed E-state index contributed by atoms with van der Waals surface area (Å²) in [7, 11) is 0. The number of nitrogens with zero attached hydrogens (tertiary/aromatic N) is 1. The predicted molar refractivity (Wildman–Crippen MR) is 87.3 cm³/mol. The van der Waals surface area contributed by atoms with Crippen LogP contribution in [-0.2, 0) is 17.6 Å². The van der Waals surface area contributed by atoms with Crippen molar-refractivity contribution >= 4 is 5.91 Å². The lowest BCUT2D eigenvalue weighted by molar-refractivity contribution is 0.0374. The molecule has 4 nitrogen and oxygen atoms in total. The maximum Gasteiger partial charge on any atom is 0.251 e. The van der Waals surface area contributed by atoms with Gasteiger partial charge in [0.15, 0.2) is 0 Å². The standard InChI is InChI=1S/C18H26N2O2/c21-18(19-8-3-9-20-10-12-22-13-11-20)17-7-6-15-4-1-2-5-16(15)14-17/h6-7,14H,1-5,8-13H2,(H,19,21). The number of morpholine rings is 1. The summed E-state index contributed by atoms with van der Waals surface area (Å²) in [5.74, 6) is 0.0651. The van der Waals surface area contributed by atoms with Crippen LogP contribution in [0.5, 0.6) is 0 Å². The number of hydrogen-bond acceptors (Lipinski definition) is 3. The minimum Gasteiger partial charge on any atom is -0.379 e. The Morgan fingerprint density at radius 3 is 2.73 bits per heavy atom. The Morgan fingerprint density at radius 2 is 1.91 bits per heavy atom. The number of carbonyl (C=O) groups is 1. The first-order chi connectivity index (χ1) is 10.8. The fraction of sp³-hybridized carbons (Fsp3) is 0.611. The first kappa shape index (κ1) is 15.5. The van der Waals surface area contributed by atoms with E-state index in [1.54, 1.807) is 0 Å². The summed E-state index contributed by atoms with van der Waals surface area (Å²) in [4.78, 5) is 14.6. The molecule has 1 N–H and O–H groups in total. The van der Waals surface area contributed by atoms with E-state index in [1.807, 2.05) is 6.07 Å². The van der Waals surface area contributed by atoms with Gasteiger partial charge in [0.25, 0.3) is 5.91 Å². The average Bonchev–Trinajstić information content (AvgIpc) is 2.59. The Hall–Kier alpha value is -1.39. The fourth-order valence-corrected chi connectivity index (χ4v) is 3.31. The number of carbonyl (C=O) groups excluding carboxylic acids is 1. The highest BCUT2D eigenvalue weighted by Crippen LogP contribution is 2.22. The van der Waals surface area contributed by atoms with E-state index in [0.29, 0.717) is 0 Å². The van der Waals surface area contributed by atoms with Gasteiger partial charge in [0.1, 0.15) is 0 Å². The molecule has 3 rings (SSSR count). The van der Waals surface area contributed by atoms with Gasteiger partial charge in [-0.2, -0.15) is 0 Å². The molecule has 0 bridgehead atoms. The minimum atomic E-state index is 0.0651. The van der Waals surface area contributed by atoms with E-state index in [1.165, 1.54) is 24.0 Å². The van der Waals surface area contributed by atoms with Crippen LogP contribution in [0.3, 0.4) is 0 Å². The Balaban J connectivity index is 1.43. The number of nitrogens with one attached hydrogen (secondary N) is 1. The minimum absolute atomic E-state index is 0.0651. The summed E-state index contributed by atoms with van der Waals surface area (Å²) in [6.07, 6.45) is 5.80. The number of rotatable bonds is 5. The zero-order valence-corrected chi connectivity index (χ0v) is 13.3. The molecule has 1 aromatic carbocycles. The van der Waals surface area contributed by atoms with Crippen molar-refractivity contribution in [3.8, 4) is 0 Å². The lowest BCUT2D eigenvalue weighted by Crippen LogP contribution is -2.38. The van der Waals surface area contributed by atoms with Crippen LogP contribution in [0.15, 0.2) is 18.2 Å². The molecule has 1 aliphatic heterocycles. The molecule has 0 unspecified atom stereocenters. The van der Waals surface area contributed by atoms with Gasteiger partial charge in [-0.05, 0) is 61.9 Å². The number of ether oxygens (including phenoxy) is 1. The Morgan fingerprint density at radius 1 is 1.14 bits per heavy atom. The first-order valence-corrected chi connectivity index (χ1v) is 8.53. The summed E-state index contributed by atoms with van der Waals surface area (Å²) in [6, 6.07) is 6.20. The van der Waals surface area contributed by atoms with E-state index in [9.17, 15) is 4.79 Å². The monoisotopic (exact) mass is 302 g/mol. The van der Waals surface area contributed by atoms with Crippen LogP contribution in [0, 0.1) is 0 Å². The van der Waals surface area contributed by atoms with Crippen molar-refractivity contribution in [3.05, 3.63) is 34.9 Å². The predicted octanol–water partition coefficient (Wildman–Crippen LogP) is 2.02. The molecule has 1 heterocycles. The number of hydrogen-bond donors (Lipinski definition) is 1. The summed E-state index contributed by atoms with van der Waals surface area (Å²) < 4.78 is 5.34. The molecule has 0 atom stereocenters. The van der Waals surface area contributed by atoms with Crippen LogP contribution >= 0.6 is 0 Å². The molecule has 0 radical (unpaired) electrons. The van der Waals surface area contributed by atoms with E-state index < -0.39 is 0 Å². The summed E-state index contributed by atoms with van der Waals surface area (Å²) in [6.45, 7) is 5.47. The van der Waals surface area contributed by atoms with Gasteiger partial charge in [0, 0.05) is 25.2 Å². The molecule has 0 saturated carbocycles. The SMILES string of the molecule is O=C(NCCCN1CCOCC1)c1ccc2c(c1)CCCC2. The van der Waals surface area contributed by atoms with Crippen molar-refractivity contribution in [1.82, 2.24) is 10.2 Å². The van der Waals surface area contributed by atoms with Gasteiger partial charge < -0.3 is 10.1 Å². The van der Waals surface area contributed by atoms with E-state index >= 15 is 0 Å². The Labute approximate surface area is 132 Å². The molecular formula is C18H26N2O2. The highest BCUT2D eigenvalue weighted by Gasteiger charge is 2.13. The third-order valence-corrected chi connectivity index (χ3v) is 4.65. The number of fused-ring (bicyclic) bond motifs is 1. The highest BCUT2D eigenvalue weighted by atomic mass is 16.5. The summed E-state index contributed by atoms with van der Waals surface area (Å²) in [5.41, 5.74) is 3.61. The van der Waals surface area contributed by atoms with E-state index in [4.69, 9.17) is 4.74 Å². The molecule has 2 aliphatic rings. The van der Waals surface area contributed by atoms with Crippen molar-refractivity contribution in [2.45, 2.75) is 32.1 Å². The van der Waals surface area contributed by atoms with Crippen molar-refractivity contribution < 1.29 is 9.53 Å². The zero-order chi connectivity index (χ0) is 15.2. The van der Waals surface area contributed by atoms with Crippen molar-refractivity contribution in [1.29, 1.82) is 0 Å². The maximum absolute atomic E-state index is 12.2. The lowest BCUT2D eigenvalue weighted by atomic mass is 9.90. The van der Waals surface area contributed by atoms with Crippen LogP contribution in [0.25, 0.3) is 0 Å². The van der Waals surface area contributed by atoms with Crippen LogP contribution in [0.2, 0.25) is 0 Å². The molecule has 0 aromatic heterocycles. The van der Waals surface area contributed by atoms with E-state index in [0.717, 1.165) is 64.2 Å². The Bertz CT molecular complexity index is 510. The topological polar surface area (TPSA) is 41.6 Å². The van der Waals surface area contributed by atoms with Gasteiger partial charge in [-0.25, -0.2) is 0 Å². The first-order valence-electron chi connectivity index (χ1n) is 8.53. The van der Waals surface area contributed by atoms with Gasteiger partial charge in [-0.1, -0.05) is 6.07 Å². The normalized spacial score (nSPS) is 18.7. The Kier molecular flexibility index (Phi) is 5.46. The van der Waals surface area contributed by atoms with Gasteiger partial charge in [0.2, 0.25) is 0 Å². The molecule has 1 saturated heterocycles. The molecule has 1 amide bonds. The third-order valence-electron chi connectivity index (χ3n) is 4.65. The molecule has 120 valence electrons. The number of benzene rings is 1. The second kappa shape index (κ2) is 7.75. The quantitative estimate of drug-likeness (QED) is 0.846. The van der Waals surface area contributed by atoms with E-state index in [2.05, 4.69) is 22.3 Å². The van der Waals surface area contributed by atoms with Crippen LogP contribution in [0.1, 0.15) is 40.7 Å². The van der Waals surface area contributed by atoms with Gasteiger partial charge in [-0.3, -0.25) is 9.69 Å².